The van der Waals surface area contributed by atoms with Gasteiger partial charge >= 0.3 is 0 Å². The lowest BCUT2D eigenvalue weighted by Gasteiger charge is -2.31. The molecule has 1 aromatic heterocycles. The van der Waals surface area contributed by atoms with Gasteiger partial charge in [0.25, 0.3) is 0 Å². The minimum Gasteiger partial charge on any atom is -0.390 e. The minimum absolute atomic E-state index is 0.337. The molecule has 1 aliphatic rings. The van der Waals surface area contributed by atoms with E-state index in [0.29, 0.717) is 6.54 Å². The van der Waals surface area contributed by atoms with Crippen LogP contribution in [0.4, 0.5) is 0 Å². The highest BCUT2D eigenvalue weighted by Crippen LogP contribution is 2.19. The summed E-state index contributed by atoms with van der Waals surface area (Å²) in [5.74, 6) is 1.89. The second-order valence-corrected chi connectivity index (χ2v) is 6.62. The topological polar surface area (TPSA) is 41.3 Å². The molecule has 0 bridgehead atoms. The maximum atomic E-state index is 10.5. The first-order valence-corrected chi connectivity index (χ1v) is 8.52. The second kappa shape index (κ2) is 6.80. The fourth-order valence-electron chi connectivity index (χ4n) is 3.41. The van der Waals surface area contributed by atoms with Crippen molar-refractivity contribution >= 4 is 11.0 Å². The van der Waals surface area contributed by atoms with E-state index in [9.17, 15) is 5.11 Å². The van der Waals surface area contributed by atoms with Crippen LogP contribution in [0.2, 0.25) is 0 Å². The summed E-state index contributed by atoms with van der Waals surface area (Å²) in [7, 11) is 0. The number of hydrogen-bond donors (Lipinski definition) is 1. The predicted octanol–water partition coefficient (Wildman–Crippen LogP) is 2.69. The lowest BCUT2D eigenvalue weighted by atomic mass is 9.99. The summed E-state index contributed by atoms with van der Waals surface area (Å²) in [6.45, 7) is 8.07. The van der Waals surface area contributed by atoms with Crippen LogP contribution in [0.3, 0.4) is 0 Å². The van der Waals surface area contributed by atoms with Crippen LogP contribution in [-0.2, 0) is 13.0 Å². The number of aromatic nitrogens is 2. The molecule has 2 aromatic rings. The molecular formula is C18H27N3O. The number of aryl methyl sites for hydroxylation is 1. The van der Waals surface area contributed by atoms with Gasteiger partial charge in [-0.3, -0.25) is 0 Å². The number of para-hydroxylation sites is 2. The average molecular weight is 301 g/mol. The van der Waals surface area contributed by atoms with Gasteiger partial charge in [-0.2, -0.15) is 0 Å². The van der Waals surface area contributed by atoms with E-state index >= 15 is 0 Å². The van der Waals surface area contributed by atoms with Gasteiger partial charge in [0.15, 0.2) is 0 Å². The Morgan fingerprint density at radius 3 is 2.68 bits per heavy atom. The van der Waals surface area contributed by atoms with Gasteiger partial charge in [-0.15, -0.1) is 0 Å². The van der Waals surface area contributed by atoms with Gasteiger partial charge in [0.1, 0.15) is 5.82 Å². The largest absolute Gasteiger partial charge is 0.390 e. The summed E-state index contributed by atoms with van der Waals surface area (Å²) in [4.78, 5) is 7.08. The number of piperidine rings is 1. The Balaban J connectivity index is 1.69. The van der Waals surface area contributed by atoms with Crippen molar-refractivity contribution < 1.29 is 5.11 Å². The molecule has 1 aromatic carbocycles. The molecule has 0 radical (unpaired) electrons. The SMILES string of the molecule is CCc1nc2ccccc2n1CC(O)CN1CCC(C)CC1. The first-order chi connectivity index (χ1) is 10.7. The fourth-order valence-corrected chi connectivity index (χ4v) is 3.41. The number of fused-ring (bicyclic) bond motifs is 1. The van der Waals surface area contributed by atoms with Crippen LogP contribution in [-0.4, -0.2) is 45.3 Å². The molecule has 0 aliphatic carbocycles. The van der Waals surface area contributed by atoms with Crippen LogP contribution in [0.1, 0.15) is 32.5 Å². The van der Waals surface area contributed by atoms with Crippen molar-refractivity contribution in [2.75, 3.05) is 19.6 Å². The number of β-amino-alcohol motifs (C(OH)–C–C–N with tert-alkyl or cyclic N) is 1. The van der Waals surface area contributed by atoms with Crippen molar-refractivity contribution in [1.29, 1.82) is 0 Å². The van der Waals surface area contributed by atoms with Gasteiger partial charge in [-0.1, -0.05) is 26.0 Å². The Hall–Kier alpha value is -1.39. The number of benzene rings is 1. The third-order valence-corrected chi connectivity index (χ3v) is 4.79. The summed E-state index contributed by atoms with van der Waals surface area (Å²) in [5.41, 5.74) is 2.16. The van der Waals surface area contributed by atoms with Gasteiger partial charge < -0.3 is 14.6 Å². The Bertz CT molecular complexity index is 614. The molecule has 22 heavy (non-hydrogen) atoms. The minimum atomic E-state index is -0.337. The molecule has 1 fully saturated rings. The molecule has 0 amide bonds. The Morgan fingerprint density at radius 1 is 1.23 bits per heavy atom. The van der Waals surface area contributed by atoms with Crippen molar-refractivity contribution in [1.82, 2.24) is 14.5 Å². The first kappa shape index (κ1) is 15.5. The van der Waals surface area contributed by atoms with E-state index in [1.807, 2.05) is 18.2 Å². The van der Waals surface area contributed by atoms with E-state index in [4.69, 9.17) is 0 Å². The van der Waals surface area contributed by atoms with Crippen LogP contribution in [0, 0.1) is 5.92 Å². The highest BCUT2D eigenvalue weighted by atomic mass is 16.3. The van der Waals surface area contributed by atoms with E-state index in [1.165, 1.54) is 12.8 Å². The zero-order valence-electron chi connectivity index (χ0n) is 13.7. The molecule has 1 saturated heterocycles. The van der Waals surface area contributed by atoms with Crippen molar-refractivity contribution in [3.8, 4) is 0 Å². The smallest absolute Gasteiger partial charge is 0.109 e. The summed E-state index contributed by atoms with van der Waals surface area (Å²) < 4.78 is 2.19. The zero-order chi connectivity index (χ0) is 15.5. The number of hydrogen-bond acceptors (Lipinski definition) is 3. The summed E-state index contributed by atoms with van der Waals surface area (Å²) in [5, 5.41) is 10.5. The normalized spacial score (nSPS) is 18.9. The van der Waals surface area contributed by atoms with Crippen molar-refractivity contribution in [3.63, 3.8) is 0 Å². The molecule has 0 spiro atoms. The van der Waals surface area contributed by atoms with Crippen LogP contribution >= 0.6 is 0 Å². The maximum Gasteiger partial charge on any atom is 0.109 e. The molecule has 120 valence electrons. The number of imidazole rings is 1. The number of rotatable bonds is 5. The van der Waals surface area contributed by atoms with Crippen molar-refractivity contribution in [3.05, 3.63) is 30.1 Å². The molecule has 1 N–H and O–H groups in total. The van der Waals surface area contributed by atoms with Crippen LogP contribution in [0.5, 0.6) is 0 Å². The van der Waals surface area contributed by atoms with Gasteiger partial charge in [0, 0.05) is 13.0 Å². The van der Waals surface area contributed by atoms with Gasteiger partial charge in [-0.05, 0) is 44.0 Å². The Kier molecular flexibility index (Phi) is 4.79. The monoisotopic (exact) mass is 301 g/mol. The molecule has 3 rings (SSSR count). The molecule has 1 unspecified atom stereocenters. The van der Waals surface area contributed by atoms with Crippen molar-refractivity contribution in [2.24, 2.45) is 5.92 Å². The standard InChI is InChI=1S/C18H27N3O/c1-3-18-19-16-6-4-5-7-17(16)21(18)13-15(22)12-20-10-8-14(2)9-11-20/h4-7,14-15,22H,3,8-13H2,1-2H3. The van der Waals surface area contributed by atoms with Crippen LogP contribution in [0.15, 0.2) is 24.3 Å². The molecule has 4 nitrogen and oxygen atoms in total. The third kappa shape index (κ3) is 3.33. The van der Waals surface area contributed by atoms with E-state index in [-0.39, 0.29) is 6.10 Å². The highest BCUT2D eigenvalue weighted by Gasteiger charge is 2.19. The third-order valence-electron chi connectivity index (χ3n) is 4.79. The van der Waals surface area contributed by atoms with Crippen molar-refractivity contribution in [2.45, 2.75) is 45.8 Å². The van der Waals surface area contributed by atoms with E-state index < -0.39 is 0 Å². The van der Waals surface area contributed by atoms with E-state index in [0.717, 1.165) is 48.8 Å². The quantitative estimate of drug-likeness (QED) is 0.923. The van der Waals surface area contributed by atoms with Gasteiger partial charge in [0.2, 0.25) is 0 Å². The van der Waals surface area contributed by atoms with Gasteiger partial charge in [0.05, 0.1) is 23.7 Å². The van der Waals surface area contributed by atoms with Crippen LogP contribution < -0.4 is 0 Å². The van der Waals surface area contributed by atoms with E-state index in [1.54, 1.807) is 0 Å². The lowest BCUT2D eigenvalue weighted by Crippen LogP contribution is -2.39. The number of aliphatic hydroxyl groups excluding tert-OH is 1. The van der Waals surface area contributed by atoms with Gasteiger partial charge in [-0.25, -0.2) is 4.98 Å². The summed E-state index contributed by atoms with van der Waals surface area (Å²) in [6, 6.07) is 8.20. The predicted molar refractivity (Wildman–Crippen MR) is 90.0 cm³/mol. The highest BCUT2D eigenvalue weighted by molar-refractivity contribution is 5.75. The molecule has 4 heteroatoms. The molecule has 0 saturated carbocycles. The van der Waals surface area contributed by atoms with Crippen LogP contribution in [0.25, 0.3) is 11.0 Å². The second-order valence-electron chi connectivity index (χ2n) is 6.62. The Morgan fingerprint density at radius 2 is 1.95 bits per heavy atom. The summed E-state index contributed by atoms with van der Waals surface area (Å²) in [6.07, 6.45) is 3.06. The zero-order valence-corrected chi connectivity index (χ0v) is 13.7. The molecule has 1 aliphatic heterocycles. The molecule has 1 atom stereocenters. The first-order valence-electron chi connectivity index (χ1n) is 8.52. The maximum absolute atomic E-state index is 10.5. The molecular weight excluding hydrogens is 274 g/mol. The number of likely N-dealkylation sites (tertiary alicyclic amines) is 1. The van der Waals surface area contributed by atoms with E-state index in [2.05, 4.69) is 34.4 Å². The average Bonchev–Trinajstić information content (AvgIpc) is 2.87. The summed E-state index contributed by atoms with van der Waals surface area (Å²) >= 11 is 0. The molecule has 2 heterocycles. The number of aliphatic hydroxyl groups is 1. The fraction of sp³-hybridized carbons (Fsp3) is 0.611. The number of nitrogens with zero attached hydrogens (tertiary/aromatic N) is 3. The lowest BCUT2D eigenvalue weighted by molar-refractivity contribution is 0.0804. The Labute approximate surface area is 132 Å².